The molecule has 0 amide bonds. The second kappa shape index (κ2) is 4.54. The topological polar surface area (TPSA) is 63.6 Å². The third-order valence-corrected chi connectivity index (χ3v) is 1.82. The van der Waals surface area contributed by atoms with Gasteiger partial charge in [0.15, 0.2) is 17.3 Å². The summed E-state index contributed by atoms with van der Waals surface area (Å²) in [5.41, 5.74) is -0.222. The summed E-state index contributed by atoms with van der Waals surface area (Å²) in [7, 11) is 1.14. The molecule has 1 rings (SSSR count). The number of ketones is 1. The van der Waals surface area contributed by atoms with Crippen molar-refractivity contribution in [3.05, 3.63) is 29.6 Å². The summed E-state index contributed by atoms with van der Waals surface area (Å²) in [6, 6.07) is 3.54. The van der Waals surface area contributed by atoms with E-state index in [1.807, 2.05) is 0 Å². The number of benzene rings is 1. The maximum absolute atomic E-state index is 12.8. The van der Waals surface area contributed by atoms with Crippen molar-refractivity contribution in [2.24, 2.45) is 0 Å². The first-order valence-electron chi connectivity index (χ1n) is 4.13. The van der Waals surface area contributed by atoms with Crippen LogP contribution in [0.5, 0.6) is 5.75 Å². The van der Waals surface area contributed by atoms with E-state index in [1.54, 1.807) is 0 Å². The van der Waals surface area contributed by atoms with E-state index in [0.717, 1.165) is 13.2 Å². The van der Waals surface area contributed by atoms with Crippen molar-refractivity contribution >= 4 is 11.8 Å². The molecule has 1 N–H and O–H groups in total. The van der Waals surface area contributed by atoms with Gasteiger partial charge in [0.25, 0.3) is 0 Å². The Hall–Kier alpha value is -1.91. The van der Waals surface area contributed by atoms with Gasteiger partial charge in [-0.05, 0) is 12.1 Å². The molecule has 0 aromatic heterocycles. The molecule has 0 radical (unpaired) electrons. The lowest BCUT2D eigenvalue weighted by atomic mass is 10.1. The Balaban J connectivity index is 2.92. The van der Waals surface area contributed by atoms with E-state index in [1.165, 1.54) is 12.1 Å². The maximum Gasteiger partial charge on any atom is 0.313 e. The third-order valence-electron chi connectivity index (χ3n) is 1.82. The molecule has 0 spiro atoms. The van der Waals surface area contributed by atoms with Gasteiger partial charge in [0.05, 0.1) is 12.7 Å². The van der Waals surface area contributed by atoms with E-state index in [4.69, 9.17) is 0 Å². The van der Waals surface area contributed by atoms with E-state index < -0.39 is 29.7 Å². The molecule has 0 heterocycles. The second-order valence-electron chi connectivity index (χ2n) is 2.81. The third kappa shape index (κ3) is 2.52. The number of esters is 1. The standard InChI is InChI=1S/C10H9FO4/c1-15-9(13)5-8(12)6-3-2-4-7(11)10(6)14/h2-4,14H,5H2,1H3. The summed E-state index contributed by atoms with van der Waals surface area (Å²) in [5, 5.41) is 9.21. The number of phenols is 1. The minimum atomic E-state index is -0.897. The molecule has 0 aliphatic rings. The number of ether oxygens (including phenoxy) is 1. The van der Waals surface area contributed by atoms with Gasteiger partial charge >= 0.3 is 5.97 Å². The largest absolute Gasteiger partial charge is 0.504 e. The van der Waals surface area contributed by atoms with Crippen LogP contribution in [0.15, 0.2) is 18.2 Å². The predicted octanol–water partition coefficient (Wildman–Crippen LogP) is 1.28. The number of phenolic OH excluding ortho intramolecular Hbond substituents is 1. The van der Waals surface area contributed by atoms with Crippen LogP contribution in [0, 0.1) is 5.82 Å². The van der Waals surface area contributed by atoms with E-state index in [-0.39, 0.29) is 5.56 Å². The lowest BCUT2D eigenvalue weighted by Gasteiger charge is -2.03. The molecule has 0 bridgehead atoms. The van der Waals surface area contributed by atoms with Gasteiger partial charge in [-0.25, -0.2) is 4.39 Å². The van der Waals surface area contributed by atoms with E-state index in [9.17, 15) is 19.1 Å². The Bertz CT molecular complexity index is 400. The summed E-state index contributed by atoms with van der Waals surface area (Å²) in [6.45, 7) is 0. The zero-order valence-corrected chi connectivity index (χ0v) is 7.99. The van der Waals surface area contributed by atoms with Crippen molar-refractivity contribution in [1.29, 1.82) is 0 Å². The molecule has 0 aliphatic carbocycles. The molecule has 0 saturated heterocycles. The molecular weight excluding hydrogens is 203 g/mol. The molecule has 0 fully saturated rings. The molecule has 4 nitrogen and oxygen atoms in total. The fraction of sp³-hybridized carbons (Fsp3) is 0.200. The fourth-order valence-corrected chi connectivity index (χ4v) is 1.04. The lowest BCUT2D eigenvalue weighted by molar-refractivity contribution is -0.139. The van der Waals surface area contributed by atoms with Crippen molar-refractivity contribution in [2.75, 3.05) is 7.11 Å². The normalized spacial score (nSPS) is 9.73. The molecule has 0 saturated carbocycles. The predicted molar refractivity (Wildman–Crippen MR) is 49.0 cm³/mol. The van der Waals surface area contributed by atoms with Crippen LogP contribution in [0.25, 0.3) is 0 Å². The first-order valence-corrected chi connectivity index (χ1v) is 4.13. The number of Topliss-reactive ketones (excluding diaryl/α,β-unsaturated/α-hetero) is 1. The van der Waals surface area contributed by atoms with Gasteiger partial charge in [-0.15, -0.1) is 0 Å². The molecule has 5 heteroatoms. The minimum absolute atomic E-state index is 0.222. The van der Waals surface area contributed by atoms with Crippen LogP contribution in [0.2, 0.25) is 0 Å². The summed E-state index contributed by atoms with van der Waals surface area (Å²) in [4.78, 5) is 22.1. The Morgan fingerprint density at radius 1 is 1.47 bits per heavy atom. The number of hydrogen-bond acceptors (Lipinski definition) is 4. The van der Waals surface area contributed by atoms with Crippen molar-refractivity contribution in [2.45, 2.75) is 6.42 Å². The number of methoxy groups -OCH3 is 1. The lowest BCUT2D eigenvalue weighted by Crippen LogP contribution is -2.09. The van der Waals surface area contributed by atoms with Gasteiger partial charge in [-0.1, -0.05) is 6.07 Å². The van der Waals surface area contributed by atoms with E-state index in [2.05, 4.69) is 4.74 Å². The van der Waals surface area contributed by atoms with Crippen LogP contribution in [0.1, 0.15) is 16.8 Å². The highest BCUT2D eigenvalue weighted by Gasteiger charge is 2.17. The summed E-state index contributed by atoms with van der Waals surface area (Å²) in [6.07, 6.45) is -0.520. The van der Waals surface area contributed by atoms with E-state index >= 15 is 0 Å². The molecule has 15 heavy (non-hydrogen) atoms. The van der Waals surface area contributed by atoms with Gasteiger partial charge < -0.3 is 9.84 Å². The highest BCUT2D eigenvalue weighted by Crippen LogP contribution is 2.21. The molecule has 0 aliphatic heterocycles. The highest BCUT2D eigenvalue weighted by atomic mass is 19.1. The average Bonchev–Trinajstić information content (AvgIpc) is 2.21. The number of para-hydroxylation sites is 1. The summed E-state index contributed by atoms with van der Waals surface area (Å²) < 4.78 is 17.1. The smallest absolute Gasteiger partial charge is 0.313 e. The molecule has 0 unspecified atom stereocenters. The number of aromatic hydroxyl groups is 1. The Kier molecular flexibility index (Phi) is 3.38. The molecule has 0 atom stereocenters. The fourth-order valence-electron chi connectivity index (χ4n) is 1.04. The zero-order valence-electron chi connectivity index (χ0n) is 7.99. The van der Waals surface area contributed by atoms with Crippen LogP contribution in [-0.2, 0) is 9.53 Å². The van der Waals surface area contributed by atoms with Crippen LogP contribution < -0.4 is 0 Å². The first-order chi connectivity index (χ1) is 7.06. The van der Waals surface area contributed by atoms with Crippen LogP contribution in [-0.4, -0.2) is 24.0 Å². The Morgan fingerprint density at radius 3 is 2.73 bits per heavy atom. The van der Waals surface area contributed by atoms with Crippen LogP contribution >= 0.6 is 0 Å². The van der Waals surface area contributed by atoms with Crippen LogP contribution in [0.4, 0.5) is 4.39 Å². The SMILES string of the molecule is COC(=O)CC(=O)c1cccc(F)c1O. The highest BCUT2D eigenvalue weighted by molar-refractivity contribution is 6.07. The van der Waals surface area contributed by atoms with Crippen LogP contribution in [0.3, 0.4) is 0 Å². The number of carbonyl (C=O) groups excluding carboxylic acids is 2. The molecule has 1 aromatic rings. The van der Waals surface area contributed by atoms with Gasteiger partial charge in [-0.3, -0.25) is 9.59 Å². The maximum atomic E-state index is 12.8. The van der Waals surface area contributed by atoms with Crippen molar-refractivity contribution in [1.82, 2.24) is 0 Å². The molecular formula is C10H9FO4. The minimum Gasteiger partial charge on any atom is -0.504 e. The zero-order chi connectivity index (χ0) is 11.4. The Labute approximate surface area is 85.3 Å². The van der Waals surface area contributed by atoms with Gasteiger partial charge in [-0.2, -0.15) is 0 Å². The average molecular weight is 212 g/mol. The molecule has 80 valence electrons. The Morgan fingerprint density at radius 2 is 2.13 bits per heavy atom. The quantitative estimate of drug-likeness (QED) is 0.465. The van der Waals surface area contributed by atoms with Crippen molar-refractivity contribution in [3.63, 3.8) is 0 Å². The monoisotopic (exact) mass is 212 g/mol. The number of rotatable bonds is 3. The van der Waals surface area contributed by atoms with Gasteiger partial charge in [0, 0.05) is 0 Å². The van der Waals surface area contributed by atoms with E-state index in [0.29, 0.717) is 0 Å². The van der Waals surface area contributed by atoms with Gasteiger partial charge in [0.1, 0.15) is 6.42 Å². The second-order valence-corrected chi connectivity index (χ2v) is 2.81. The number of halogens is 1. The summed E-state index contributed by atoms with van der Waals surface area (Å²) >= 11 is 0. The first kappa shape index (κ1) is 11.2. The van der Waals surface area contributed by atoms with Crippen molar-refractivity contribution in [3.8, 4) is 5.75 Å². The number of hydrogen-bond donors (Lipinski definition) is 1. The number of carbonyl (C=O) groups is 2. The summed E-state index contributed by atoms with van der Waals surface area (Å²) in [5.74, 6) is -3.06. The van der Waals surface area contributed by atoms with Gasteiger partial charge in [0.2, 0.25) is 0 Å². The van der Waals surface area contributed by atoms with Crippen molar-refractivity contribution < 1.29 is 23.8 Å². The molecule has 1 aromatic carbocycles.